The smallest absolute Gasteiger partial charge is 0.391 e. The lowest BCUT2D eigenvalue weighted by molar-refractivity contribution is -0.182. The van der Waals surface area contributed by atoms with Gasteiger partial charge in [-0.3, -0.25) is 0 Å². The summed E-state index contributed by atoms with van der Waals surface area (Å²) in [6.45, 7) is 0. The first-order valence-corrected chi connectivity index (χ1v) is 6.57. The highest BCUT2D eigenvalue weighted by atomic mass is 19.4. The van der Waals surface area contributed by atoms with E-state index in [0.717, 1.165) is 0 Å². The molecule has 1 saturated carbocycles. The Morgan fingerprint density at radius 3 is 2.65 bits per heavy atom. The zero-order chi connectivity index (χ0) is 14.8. The largest absolute Gasteiger partial charge is 0.497 e. The maximum Gasteiger partial charge on any atom is 0.391 e. The van der Waals surface area contributed by atoms with Crippen LogP contribution in [0.4, 0.5) is 23.2 Å². The Labute approximate surface area is 115 Å². The number of methoxy groups -OCH3 is 1. The lowest BCUT2D eigenvalue weighted by Crippen LogP contribution is -2.34. The fourth-order valence-corrected chi connectivity index (χ4v) is 2.58. The molecule has 0 aliphatic heterocycles. The molecule has 1 aromatic rings. The van der Waals surface area contributed by atoms with Gasteiger partial charge in [0.05, 0.1) is 18.7 Å². The van der Waals surface area contributed by atoms with Crippen molar-refractivity contribution in [3.63, 3.8) is 0 Å². The van der Waals surface area contributed by atoms with Gasteiger partial charge in [-0.15, -0.1) is 0 Å². The van der Waals surface area contributed by atoms with Gasteiger partial charge < -0.3 is 10.1 Å². The average molecular weight is 291 g/mol. The monoisotopic (exact) mass is 291 g/mol. The molecule has 0 amide bonds. The van der Waals surface area contributed by atoms with Crippen molar-refractivity contribution in [1.82, 2.24) is 0 Å². The molecule has 6 heteroatoms. The molecular formula is C14H17F4NO. The number of anilines is 1. The van der Waals surface area contributed by atoms with Crippen molar-refractivity contribution in [2.75, 3.05) is 12.4 Å². The van der Waals surface area contributed by atoms with Gasteiger partial charge in [-0.25, -0.2) is 4.39 Å². The molecule has 0 spiro atoms. The van der Waals surface area contributed by atoms with Gasteiger partial charge in [-0.2, -0.15) is 13.2 Å². The molecule has 1 aliphatic rings. The molecule has 2 rings (SSSR count). The van der Waals surface area contributed by atoms with E-state index in [1.54, 1.807) is 0 Å². The minimum Gasteiger partial charge on any atom is -0.497 e. The summed E-state index contributed by atoms with van der Waals surface area (Å²) in [6, 6.07) is 3.81. The van der Waals surface area contributed by atoms with Gasteiger partial charge in [-0.05, 0) is 31.4 Å². The third kappa shape index (κ3) is 3.55. The van der Waals surface area contributed by atoms with Gasteiger partial charge in [-0.1, -0.05) is 6.42 Å². The van der Waals surface area contributed by atoms with Gasteiger partial charge in [0.2, 0.25) is 0 Å². The minimum absolute atomic E-state index is 0.0137. The Kier molecular flexibility index (Phi) is 4.40. The summed E-state index contributed by atoms with van der Waals surface area (Å²) < 4.78 is 56.8. The van der Waals surface area contributed by atoms with E-state index in [1.165, 1.54) is 25.3 Å². The number of alkyl halides is 3. The second kappa shape index (κ2) is 5.89. The van der Waals surface area contributed by atoms with Crippen molar-refractivity contribution >= 4 is 5.69 Å². The SMILES string of the molecule is COc1ccc(F)c(NC2CCCC(C(F)(F)F)C2)c1. The molecule has 0 radical (unpaired) electrons. The van der Waals surface area contributed by atoms with Crippen molar-refractivity contribution in [2.24, 2.45) is 5.92 Å². The van der Waals surface area contributed by atoms with Crippen LogP contribution in [0.15, 0.2) is 18.2 Å². The topological polar surface area (TPSA) is 21.3 Å². The highest BCUT2D eigenvalue weighted by molar-refractivity contribution is 5.50. The van der Waals surface area contributed by atoms with Gasteiger partial charge in [0.15, 0.2) is 0 Å². The summed E-state index contributed by atoms with van der Waals surface area (Å²) in [7, 11) is 1.46. The minimum atomic E-state index is -4.17. The second-order valence-corrected chi connectivity index (χ2v) is 5.09. The lowest BCUT2D eigenvalue weighted by atomic mass is 9.85. The fraction of sp³-hybridized carbons (Fsp3) is 0.571. The van der Waals surface area contributed by atoms with Crippen molar-refractivity contribution in [3.05, 3.63) is 24.0 Å². The van der Waals surface area contributed by atoms with E-state index in [4.69, 9.17) is 4.74 Å². The van der Waals surface area contributed by atoms with Crippen molar-refractivity contribution in [3.8, 4) is 5.75 Å². The highest BCUT2D eigenvalue weighted by Crippen LogP contribution is 2.38. The summed E-state index contributed by atoms with van der Waals surface area (Å²) in [5, 5.41) is 2.87. The van der Waals surface area contributed by atoms with Gasteiger partial charge in [0, 0.05) is 12.1 Å². The predicted octanol–water partition coefficient (Wildman–Crippen LogP) is 4.37. The van der Waals surface area contributed by atoms with Crippen molar-refractivity contribution in [1.29, 1.82) is 0 Å². The number of nitrogens with one attached hydrogen (secondary N) is 1. The van der Waals surface area contributed by atoms with Crippen LogP contribution in [0, 0.1) is 11.7 Å². The van der Waals surface area contributed by atoms with Crippen molar-refractivity contribution in [2.45, 2.75) is 37.9 Å². The molecule has 2 nitrogen and oxygen atoms in total. The van der Waals surface area contributed by atoms with Crippen LogP contribution in [0.5, 0.6) is 5.75 Å². The molecule has 1 N–H and O–H groups in total. The molecule has 112 valence electrons. The number of hydrogen-bond donors (Lipinski definition) is 1. The lowest BCUT2D eigenvalue weighted by Gasteiger charge is -2.31. The van der Waals surface area contributed by atoms with Gasteiger partial charge in [0.1, 0.15) is 11.6 Å². The van der Waals surface area contributed by atoms with E-state index in [1.807, 2.05) is 0 Å². The third-order valence-electron chi connectivity index (χ3n) is 3.67. The average Bonchev–Trinajstić information content (AvgIpc) is 2.41. The van der Waals surface area contributed by atoms with Crippen LogP contribution in [0.3, 0.4) is 0 Å². The van der Waals surface area contributed by atoms with Crippen LogP contribution >= 0.6 is 0 Å². The van der Waals surface area contributed by atoms with E-state index < -0.39 is 17.9 Å². The van der Waals surface area contributed by atoms with Crippen LogP contribution in [0.25, 0.3) is 0 Å². The maximum absolute atomic E-state index is 13.7. The third-order valence-corrected chi connectivity index (χ3v) is 3.67. The van der Waals surface area contributed by atoms with E-state index in [-0.39, 0.29) is 24.6 Å². The molecule has 1 aliphatic carbocycles. The van der Waals surface area contributed by atoms with Crippen molar-refractivity contribution < 1.29 is 22.3 Å². The Morgan fingerprint density at radius 1 is 1.25 bits per heavy atom. The normalized spacial score (nSPS) is 23.4. The molecular weight excluding hydrogens is 274 g/mol. The van der Waals surface area contributed by atoms with Crippen LogP contribution < -0.4 is 10.1 Å². The maximum atomic E-state index is 13.7. The first kappa shape index (κ1) is 14.9. The van der Waals surface area contributed by atoms with Crippen LogP contribution in [0.2, 0.25) is 0 Å². The predicted molar refractivity (Wildman–Crippen MR) is 68.4 cm³/mol. The number of halogens is 4. The fourth-order valence-electron chi connectivity index (χ4n) is 2.58. The first-order valence-electron chi connectivity index (χ1n) is 6.57. The molecule has 0 heterocycles. The summed E-state index contributed by atoms with van der Waals surface area (Å²) >= 11 is 0. The quantitative estimate of drug-likeness (QED) is 0.835. The highest BCUT2D eigenvalue weighted by Gasteiger charge is 2.42. The molecule has 1 fully saturated rings. The molecule has 0 aromatic heterocycles. The number of hydrogen-bond acceptors (Lipinski definition) is 2. The number of rotatable bonds is 3. The molecule has 20 heavy (non-hydrogen) atoms. The standard InChI is InChI=1S/C14H17F4NO/c1-20-11-5-6-12(15)13(8-11)19-10-4-2-3-9(7-10)14(16,17)18/h5-6,8-10,19H,2-4,7H2,1H3. The number of ether oxygens (including phenoxy) is 1. The Hall–Kier alpha value is -1.46. The van der Waals surface area contributed by atoms with E-state index in [2.05, 4.69) is 5.32 Å². The van der Waals surface area contributed by atoms with E-state index in [9.17, 15) is 17.6 Å². The van der Waals surface area contributed by atoms with Crippen LogP contribution in [-0.2, 0) is 0 Å². The van der Waals surface area contributed by atoms with E-state index in [0.29, 0.717) is 18.6 Å². The first-order chi connectivity index (χ1) is 9.40. The molecule has 1 aromatic carbocycles. The van der Waals surface area contributed by atoms with Crippen LogP contribution in [0.1, 0.15) is 25.7 Å². The Bertz CT molecular complexity index is 461. The molecule has 2 unspecified atom stereocenters. The Balaban J connectivity index is 2.06. The molecule has 0 bridgehead atoms. The zero-order valence-electron chi connectivity index (χ0n) is 11.1. The summed E-state index contributed by atoms with van der Waals surface area (Å²) in [4.78, 5) is 0. The summed E-state index contributed by atoms with van der Waals surface area (Å²) in [5.74, 6) is -1.32. The van der Waals surface area contributed by atoms with Crippen LogP contribution in [-0.4, -0.2) is 19.3 Å². The molecule has 2 atom stereocenters. The summed E-state index contributed by atoms with van der Waals surface area (Å²) in [6.07, 6.45) is -2.92. The second-order valence-electron chi connectivity index (χ2n) is 5.09. The zero-order valence-corrected chi connectivity index (χ0v) is 11.1. The molecule has 0 saturated heterocycles. The van der Waals surface area contributed by atoms with Gasteiger partial charge >= 0.3 is 6.18 Å². The number of benzene rings is 1. The Morgan fingerprint density at radius 2 is 2.00 bits per heavy atom. The summed E-state index contributed by atoms with van der Waals surface area (Å²) in [5.41, 5.74) is 0.192. The van der Waals surface area contributed by atoms with Gasteiger partial charge in [0.25, 0.3) is 0 Å². The van der Waals surface area contributed by atoms with E-state index >= 15 is 0 Å².